The van der Waals surface area contributed by atoms with E-state index in [9.17, 15) is 4.79 Å². The SMILES string of the molecule is CCNC(C)(C)C(=O)N1CCCC(OC)C1. The second kappa shape index (κ2) is 5.64. The Hall–Kier alpha value is -0.610. The highest BCUT2D eigenvalue weighted by atomic mass is 16.5. The van der Waals surface area contributed by atoms with Crippen molar-refractivity contribution < 1.29 is 9.53 Å². The van der Waals surface area contributed by atoms with Crippen LogP contribution in [0.3, 0.4) is 0 Å². The molecule has 1 aliphatic heterocycles. The second-order valence-electron chi connectivity index (χ2n) is 4.91. The van der Waals surface area contributed by atoms with Crippen LogP contribution in [0, 0.1) is 0 Å². The summed E-state index contributed by atoms with van der Waals surface area (Å²) < 4.78 is 5.33. The number of rotatable bonds is 4. The molecule has 0 radical (unpaired) electrons. The largest absolute Gasteiger partial charge is 0.380 e. The molecule has 1 rings (SSSR count). The van der Waals surface area contributed by atoms with E-state index in [0.717, 1.165) is 32.5 Å². The van der Waals surface area contributed by atoms with Crippen molar-refractivity contribution in [1.82, 2.24) is 10.2 Å². The minimum absolute atomic E-state index is 0.177. The lowest BCUT2D eigenvalue weighted by Crippen LogP contribution is -2.56. The summed E-state index contributed by atoms with van der Waals surface area (Å²) in [5.74, 6) is 0.177. The van der Waals surface area contributed by atoms with Crippen molar-refractivity contribution >= 4 is 5.91 Å². The van der Waals surface area contributed by atoms with Crippen LogP contribution in [0.25, 0.3) is 0 Å². The number of hydrogen-bond donors (Lipinski definition) is 1. The first-order chi connectivity index (χ1) is 7.51. The van der Waals surface area contributed by atoms with Gasteiger partial charge in [0.1, 0.15) is 0 Å². The van der Waals surface area contributed by atoms with Gasteiger partial charge in [0.25, 0.3) is 0 Å². The highest BCUT2D eigenvalue weighted by molar-refractivity contribution is 5.85. The highest BCUT2D eigenvalue weighted by Gasteiger charge is 2.33. The molecule has 1 atom stereocenters. The van der Waals surface area contributed by atoms with Crippen LogP contribution < -0.4 is 5.32 Å². The Bertz CT molecular complexity index is 241. The van der Waals surface area contributed by atoms with E-state index < -0.39 is 5.54 Å². The number of likely N-dealkylation sites (N-methyl/N-ethyl adjacent to an activating group) is 1. The van der Waals surface area contributed by atoms with E-state index in [-0.39, 0.29) is 12.0 Å². The van der Waals surface area contributed by atoms with Crippen LogP contribution in [0.5, 0.6) is 0 Å². The number of methoxy groups -OCH3 is 1. The molecule has 0 aromatic heterocycles. The summed E-state index contributed by atoms with van der Waals surface area (Å²) in [6.07, 6.45) is 2.30. The zero-order valence-electron chi connectivity index (χ0n) is 10.9. The van der Waals surface area contributed by atoms with Crippen molar-refractivity contribution in [3.8, 4) is 0 Å². The fraction of sp³-hybridized carbons (Fsp3) is 0.917. The Morgan fingerprint density at radius 3 is 2.81 bits per heavy atom. The first-order valence-electron chi connectivity index (χ1n) is 6.08. The van der Waals surface area contributed by atoms with Gasteiger partial charge in [-0.1, -0.05) is 6.92 Å². The van der Waals surface area contributed by atoms with Crippen LogP contribution in [-0.2, 0) is 9.53 Å². The summed E-state index contributed by atoms with van der Waals surface area (Å²) in [5, 5.41) is 3.22. The number of carbonyl (C=O) groups is 1. The third kappa shape index (κ3) is 3.19. The number of likely N-dealkylation sites (tertiary alicyclic amines) is 1. The molecule has 4 nitrogen and oxygen atoms in total. The fourth-order valence-electron chi connectivity index (χ4n) is 2.23. The molecular weight excluding hydrogens is 204 g/mol. The monoisotopic (exact) mass is 228 g/mol. The van der Waals surface area contributed by atoms with Crippen molar-refractivity contribution in [2.45, 2.75) is 45.3 Å². The zero-order valence-corrected chi connectivity index (χ0v) is 10.9. The van der Waals surface area contributed by atoms with Gasteiger partial charge in [0.05, 0.1) is 11.6 Å². The molecule has 0 aromatic rings. The van der Waals surface area contributed by atoms with Crippen molar-refractivity contribution in [3.05, 3.63) is 0 Å². The number of ether oxygens (including phenoxy) is 1. The van der Waals surface area contributed by atoms with E-state index in [2.05, 4.69) is 5.32 Å². The molecule has 94 valence electrons. The van der Waals surface area contributed by atoms with Crippen molar-refractivity contribution in [2.75, 3.05) is 26.7 Å². The first kappa shape index (κ1) is 13.5. The van der Waals surface area contributed by atoms with Gasteiger partial charge in [-0.25, -0.2) is 0 Å². The number of amides is 1. The average molecular weight is 228 g/mol. The minimum atomic E-state index is -0.468. The molecule has 0 bridgehead atoms. The van der Waals surface area contributed by atoms with Gasteiger partial charge < -0.3 is 15.0 Å². The van der Waals surface area contributed by atoms with Crippen molar-refractivity contribution in [1.29, 1.82) is 0 Å². The third-order valence-electron chi connectivity index (χ3n) is 3.15. The Morgan fingerprint density at radius 1 is 1.56 bits per heavy atom. The minimum Gasteiger partial charge on any atom is -0.380 e. The summed E-state index contributed by atoms with van der Waals surface area (Å²) in [6.45, 7) is 8.28. The van der Waals surface area contributed by atoms with Gasteiger partial charge in [0, 0.05) is 20.2 Å². The number of piperidine rings is 1. The summed E-state index contributed by atoms with van der Waals surface area (Å²) in [5.41, 5.74) is -0.468. The predicted molar refractivity (Wildman–Crippen MR) is 64.4 cm³/mol. The molecule has 1 unspecified atom stereocenters. The predicted octanol–water partition coefficient (Wildman–Crippen LogP) is 1.01. The molecule has 1 aliphatic rings. The highest BCUT2D eigenvalue weighted by Crippen LogP contribution is 2.16. The van der Waals surface area contributed by atoms with E-state index in [0.29, 0.717) is 0 Å². The maximum absolute atomic E-state index is 12.3. The number of carbonyl (C=O) groups excluding carboxylic acids is 1. The maximum Gasteiger partial charge on any atom is 0.242 e. The summed E-state index contributed by atoms with van der Waals surface area (Å²) in [6, 6.07) is 0. The smallest absolute Gasteiger partial charge is 0.242 e. The molecule has 1 heterocycles. The Labute approximate surface area is 98.3 Å². The average Bonchev–Trinajstić information content (AvgIpc) is 2.28. The number of nitrogens with one attached hydrogen (secondary N) is 1. The molecule has 0 spiro atoms. The molecule has 1 fully saturated rings. The van der Waals surface area contributed by atoms with E-state index >= 15 is 0 Å². The molecule has 1 amide bonds. The van der Waals surface area contributed by atoms with Crippen LogP contribution in [0.15, 0.2) is 0 Å². The summed E-state index contributed by atoms with van der Waals surface area (Å²) in [7, 11) is 1.72. The van der Waals surface area contributed by atoms with Gasteiger partial charge in [0.15, 0.2) is 0 Å². The molecule has 0 saturated carbocycles. The van der Waals surface area contributed by atoms with Crippen LogP contribution >= 0.6 is 0 Å². The molecule has 0 aliphatic carbocycles. The van der Waals surface area contributed by atoms with Crippen molar-refractivity contribution in [3.63, 3.8) is 0 Å². The number of hydrogen-bond acceptors (Lipinski definition) is 3. The van der Waals surface area contributed by atoms with Gasteiger partial charge in [0.2, 0.25) is 5.91 Å². The Morgan fingerprint density at radius 2 is 2.25 bits per heavy atom. The lowest BCUT2D eigenvalue weighted by atomic mass is 10.0. The summed E-state index contributed by atoms with van der Waals surface area (Å²) >= 11 is 0. The first-order valence-corrected chi connectivity index (χ1v) is 6.08. The van der Waals surface area contributed by atoms with Crippen LogP contribution in [0.1, 0.15) is 33.6 Å². The quantitative estimate of drug-likeness (QED) is 0.781. The standard InChI is InChI=1S/C12H24N2O2/c1-5-13-12(2,3)11(15)14-8-6-7-10(9-14)16-4/h10,13H,5-9H2,1-4H3. The van der Waals surface area contributed by atoms with Gasteiger partial charge in [-0.2, -0.15) is 0 Å². The van der Waals surface area contributed by atoms with Gasteiger partial charge in [-0.15, -0.1) is 0 Å². The van der Waals surface area contributed by atoms with Crippen molar-refractivity contribution in [2.24, 2.45) is 0 Å². The van der Waals surface area contributed by atoms with Gasteiger partial charge in [-0.3, -0.25) is 4.79 Å². The van der Waals surface area contributed by atoms with Crippen LogP contribution in [-0.4, -0.2) is 49.2 Å². The van der Waals surface area contributed by atoms with Crippen LogP contribution in [0.2, 0.25) is 0 Å². The maximum atomic E-state index is 12.3. The third-order valence-corrected chi connectivity index (χ3v) is 3.15. The summed E-state index contributed by atoms with van der Waals surface area (Å²) in [4.78, 5) is 14.2. The lowest BCUT2D eigenvalue weighted by Gasteiger charge is -2.37. The molecule has 16 heavy (non-hydrogen) atoms. The van der Waals surface area contributed by atoms with Gasteiger partial charge in [-0.05, 0) is 33.2 Å². The lowest BCUT2D eigenvalue weighted by molar-refractivity contribution is -0.140. The zero-order chi connectivity index (χ0) is 12.2. The van der Waals surface area contributed by atoms with E-state index in [1.54, 1.807) is 7.11 Å². The molecular formula is C12H24N2O2. The van der Waals surface area contributed by atoms with Crippen LogP contribution in [0.4, 0.5) is 0 Å². The van der Waals surface area contributed by atoms with E-state index in [1.165, 1.54) is 0 Å². The van der Waals surface area contributed by atoms with Gasteiger partial charge >= 0.3 is 0 Å². The molecule has 4 heteroatoms. The molecule has 1 N–H and O–H groups in total. The van der Waals surface area contributed by atoms with E-state index in [1.807, 2.05) is 25.7 Å². The Kier molecular flexibility index (Phi) is 4.74. The Balaban J connectivity index is 2.59. The topological polar surface area (TPSA) is 41.6 Å². The fourth-order valence-corrected chi connectivity index (χ4v) is 2.23. The molecule has 1 saturated heterocycles. The van der Waals surface area contributed by atoms with E-state index in [4.69, 9.17) is 4.74 Å². The second-order valence-corrected chi connectivity index (χ2v) is 4.91. The normalized spacial score (nSPS) is 22.2. The number of nitrogens with zero attached hydrogens (tertiary/aromatic N) is 1. The molecule has 0 aromatic carbocycles.